The Morgan fingerprint density at radius 1 is 1.28 bits per heavy atom. The summed E-state index contributed by atoms with van der Waals surface area (Å²) >= 11 is 1.65. The molecule has 0 amide bonds. The molecule has 90 valence electrons. The molecule has 1 N–H and O–H groups in total. The zero-order chi connectivity index (χ0) is 13.0. The average molecular weight is 256 g/mol. The van der Waals surface area contributed by atoms with Crippen molar-refractivity contribution in [2.24, 2.45) is 0 Å². The molecule has 0 aliphatic heterocycles. The molecule has 0 unspecified atom stereocenters. The number of nitrogens with zero attached hydrogens (tertiary/aromatic N) is 3. The van der Waals surface area contributed by atoms with Gasteiger partial charge >= 0.3 is 0 Å². The maximum absolute atomic E-state index is 8.88. The SMILES string of the molecule is CSc1ccccc1Nc1nc(C)cc(C#N)n1. The number of rotatable bonds is 3. The predicted molar refractivity (Wildman–Crippen MR) is 73.0 cm³/mol. The van der Waals surface area contributed by atoms with E-state index in [0.29, 0.717) is 11.6 Å². The first kappa shape index (κ1) is 12.4. The van der Waals surface area contributed by atoms with Crippen LogP contribution in [0.25, 0.3) is 0 Å². The summed E-state index contributed by atoms with van der Waals surface area (Å²) in [6.07, 6.45) is 2.01. The van der Waals surface area contributed by atoms with Crippen LogP contribution in [0.2, 0.25) is 0 Å². The van der Waals surface area contributed by atoms with Gasteiger partial charge in [0.15, 0.2) is 0 Å². The molecule has 0 bridgehead atoms. The summed E-state index contributed by atoms with van der Waals surface area (Å²) in [6, 6.07) is 11.6. The first-order valence-corrected chi connectivity index (χ1v) is 6.61. The van der Waals surface area contributed by atoms with Crippen molar-refractivity contribution in [1.82, 2.24) is 9.97 Å². The Morgan fingerprint density at radius 2 is 2.06 bits per heavy atom. The number of hydrogen-bond donors (Lipinski definition) is 1. The van der Waals surface area contributed by atoms with Gasteiger partial charge in [-0.05, 0) is 31.4 Å². The van der Waals surface area contributed by atoms with Crippen molar-refractivity contribution in [3.63, 3.8) is 0 Å². The molecule has 0 saturated carbocycles. The number of benzene rings is 1. The van der Waals surface area contributed by atoms with Gasteiger partial charge in [-0.1, -0.05) is 12.1 Å². The number of thioether (sulfide) groups is 1. The van der Waals surface area contributed by atoms with Gasteiger partial charge in [-0.2, -0.15) is 5.26 Å². The number of aromatic nitrogens is 2. The van der Waals surface area contributed by atoms with Crippen molar-refractivity contribution < 1.29 is 0 Å². The van der Waals surface area contributed by atoms with Crippen LogP contribution in [0, 0.1) is 18.3 Å². The minimum absolute atomic E-state index is 0.367. The van der Waals surface area contributed by atoms with Crippen LogP contribution < -0.4 is 5.32 Å². The third-order valence-corrected chi connectivity index (χ3v) is 3.12. The maximum Gasteiger partial charge on any atom is 0.228 e. The van der Waals surface area contributed by atoms with Gasteiger partial charge in [0, 0.05) is 10.6 Å². The van der Waals surface area contributed by atoms with E-state index in [1.165, 1.54) is 0 Å². The molecule has 5 heteroatoms. The van der Waals surface area contributed by atoms with E-state index in [9.17, 15) is 0 Å². The number of hydrogen-bond acceptors (Lipinski definition) is 5. The smallest absolute Gasteiger partial charge is 0.228 e. The Morgan fingerprint density at radius 3 is 2.78 bits per heavy atom. The van der Waals surface area contributed by atoms with E-state index in [1.807, 2.05) is 43.5 Å². The van der Waals surface area contributed by atoms with Crippen LogP contribution in [0.3, 0.4) is 0 Å². The molecule has 0 saturated heterocycles. The van der Waals surface area contributed by atoms with Gasteiger partial charge in [-0.15, -0.1) is 11.8 Å². The van der Waals surface area contributed by atoms with E-state index in [1.54, 1.807) is 17.8 Å². The predicted octanol–water partition coefficient (Wildman–Crippen LogP) is 3.12. The Balaban J connectivity index is 2.34. The molecule has 0 radical (unpaired) electrons. The molecule has 2 aromatic rings. The lowest BCUT2D eigenvalue weighted by Gasteiger charge is -2.09. The Kier molecular flexibility index (Phi) is 3.80. The minimum atomic E-state index is 0.367. The van der Waals surface area contributed by atoms with Crippen molar-refractivity contribution in [1.29, 1.82) is 5.26 Å². The van der Waals surface area contributed by atoms with Gasteiger partial charge in [-0.3, -0.25) is 0 Å². The summed E-state index contributed by atoms with van der Waals surface area (Å²) in [6.45, 7) is 1.84. The van der Waals surface area contributed by atoms with Crippen molar-refractivity contribution in [2.45, 2.75) is 11.8 Å². The lowest BCUT2D eigenvalue weighted by atomic mass is 10.3. The molecule has 2 rings (SSSR count). The van der Waals surface area contributed by atoms with Crippen molar-refractivity contribution in [3.8, 4) is 6.07 Å². The fourth-order valence-corrected chi connectivity index (χ4v) is 2.10. The molecular formula is C13H12N4S. The monoisotopic (exact) mass is 256 g/mol. The normalized spacial score (nSPS) is 9.83. The van der Waals surface area contributed by atoms with E-state index in [0.717, 1.165) is 16.3 Å². The molecule has 0 fully saturated rings. The topological polar surface area (TPSA) is 61.6 Å². The molecule has 1 aromatic carbocycles. The van der Waals surface area contributed by atoms with E-state index >= 15 is 0 Å². The molecule has 0 aliphatic rings. The zero-order valence-electron chi connectivity index (χ0n) is 10.1. The van der Waals surface area contributed by atoms with Crippen LogP contribution in [0.15, 0.2) is 35.2 Å². The largest absolute Gasteiger partial charge is 0.323 e. The second-order valence-electron chi connectivity index (χ2n) is 3.66. The first-order valence-electron chi connectivity index (χ1n) is 5.39. The standard InChI is InChI=1S/C13H12N4S/c1-9-7-10(8-14)16-13(15-9)17-11-5-3-4-6-12(11)18-2/h3-7H,1-2H3,(H,15,16,17). The summed E-state index contributed by atoms with van der Waals surface area (Å²) in [5.74, 6) is 0.452. The first-order chi connectivity index (χ1) is 8.72. The number of para-hydroxylation sites is 1. The van der Waals surface area contributed by atoms with Crippen molar-refractivity contribution in [3.05, 3.63) is 41.7 Å². The van der Waals surface area contributed by atoms with Crippen LogP contribution >= 0.6 is 11.8 Å². The second-order valence-corrected chi connectivity index (χ2v) is 4.50. The number of nitrogens with one attached hydrogen (secondary N) is 1. The highest BCUT2D eigenvalue weighted by Crippen LogP contribution is 2.26. The summed E-state index contributed by atoms with van der Waals surface area (Å²) in [5, 5.41) is 12.0. The third kappa shape index (κ3) is 2.79. The second kappa shape index (κ2) is 5.52. The van der Waals surface area contributed by atoms with Crippen molar-refractivity contribution >= 4 is 23.4 Å². The van der Waals surface area contributed by atoms with Gasteiger partial charge < -0.3 is 5.32 Å². The summed E-state index contributed by atoms with van der Waals surface area (Å²) in [5.41, 5.74) is 2.08. The van der Waals surface area contributed by atoms with E-state index in [4.69, 9.17) is 5.26 Å². The highest BCUT2D eigenvalue weighted by atomic mass is 32.2. The van der Waals surface area contributed by atoms with Crippen LogP contribution in [0.5, 0.6) is 0 Å². The lowest BCUT2D eigenvalue weighted by Crippen LogP contribution is -2.01. The molecular weight excluding hydrogens is 244 g/mol. The summed E-state index contributed by atoms with van der Waals surface area (Å²) in [4.78, 5) is 9.51. The Labute approximate surface area is 110 Å². The summed E-state index contributed by atoms with van der Waals surface area (Å²) < 4.78 is 0. The quantitative estimate of drug-likeness (QED) is 0.855. The van der Waals surface area contributed by atoms with Crippen LogP contribution in [0.1, 0.15) is 11.4 Å². The highest BCUT2D eigenvalue weighted by molar-refractivity contribution is 7.98. The van der Waals surface area contributed by atoms with Crippen LogP contribution in [0.4, 0.5) is 11.6 Å². The van der Waals surface area contributed by atoms with E-state index < -0.39 is 0 Å². The fraction of sp³-hybridized carbons (Fsp3) is 0.154. The molecule has 1 aromatic heterocycles. The molecule has 1 heterocycles. The highest BCUT2D eigenvalue weighted by Gasteiger charge is 2.05. The molecule has 0 aliphatic carbocycles. The van der Waals surface area contributed by atoms with Gasteiger partial charge in [-0.25, -0.2) is 9.97 Å². The van der Waals surface area contributed by atoms with Gasteiger partial charge in [0.25, 0.3) is 0 Å². The molecule has 4 nitrogen and oxygen atoms in total. The van der Waals surface area contributed by atoms with Crippen LogP contribution in [-0.2, 0) is 0 Å². The molecule has 0 atom stereocenters. The Hall–Kier alpha value is -2.06. The van der Waals surface area contributed by atoms with Gasteiger partial charge in [0.2, 0.25) is 5.95 Å². The third-order valence-electron chi connectivity index (χ3n) is 2.32. The molecule has 18 heavy (non-hydrogen) atoms. The van der Waals surface area contributed by atoms with E-state index in [2.05, 4.69) is 15.3 Å². The Bertz CT molecular complexity index is 604. The lowest BCUT2D eigenvalue weighted by molar-refractivity contribution is 1.08. The van der Waals surface area contributed by atoms with Crippen molar-refractivity contribution in [2.75, 3.05) is 11.6 Å². The average Bonchev–Trinajstić information content (AvgIpc) is 2.38. The van der Waals surface area contributed by atoms with Gasteiger partial charge in [0.1, 0.15) is 11.8 Å². The zero-order valence-corrected chi connectivity index (χ0v) is 11.0. The summed E-state index contributed by atoms with van der Waals surface area (Å²) in [7, 11) is 0. The minimum Gasteiger partial charge on any atom is -0.323 e. The number of nitriles is 1. The van der Waals surface area contributed by atoms with Crippen LogP contribution in [-0.4, -0.2) is 16.2 Å². The number of anilines is 2. The van der Waals surface area contributed by atoms with E-state index in [-0.39, 0.29) is 0 Å². The maximum atomic E-state index is 8.88. The number of aryl methyl sites for hydroxylation is 1. The molecule has 0 spiro atoms. The van der Waals surface area contributed by atoms with Gasteiger partial charge in [0.05, 0.1) is 5.69 Å². The fourth-order valence-electron chi connectivity index (χ4n) is 1.55.